The first kappa shape index (κ1) is 23.9. The third-order valence-corrected chi connectivity index (χ3v) is 6.50. The van der Waals surface area contributed by atoms with Crippen molar-refractivity contribution < 1.29 is 4.29 Å². The average Bonchev–Trinajstić information content (AvgIpc) is 2.76. The van der Waals surface area contributed by atoms with Gasteiger partial charge in [-0.2, -0.15) is 0 Å². The molecule has 29 heavy (non-hydrogen) atoms. The lowest BCUT2D eigenvalue weighted by Crippen LogP contribution is -2.06. The zero-order valence-electron chi connectivity index (χ0n) is 17.7. The van der Waals surface area contributed by atoms with E-state index in [0.29, 0.717) is 0 Å². The fraction of sp³-hybridized carbons (Fsp3) is 0.480. The molecule has 0 spiro atoms. The summed E-state index contributed by atoms with van der Waals surface area (Å²) in [4.78, 5) is 12.1. The molecule has 1 aromatic heterocycles. The second kappa shape index (κ2) is 13.7. The minimum atomic E-state index is 0.139. The third kappa shape index (κ3) is 7.73. The molecule has 0 aliphatic rings. The van der Waals surface area contributed by atoms with Gasteiger partial charge in [-0.3, -0.25) is 9.08 Å². The topological polar surface area (TPSA) is 26.3 Å². The fourth-order valence-corrected chi connectivity index (χ4v) is 4.71. The van der Waals surface area contributed by atoms with Crippen molar-refractivity contribution in [1.29, 1.82) is 0 Å². The Morgan fingerprint density at radius 2 is 1.34 bits per heavy atom. The number of fused-ring (bicyclic) bond motifs is 2. The molecule has 1 atom stereocenters. The molecule has 0 bridgehead atoms. The van der Waals surface area contributed by atoms with E-state index in [0.717, 1.165) is 39.4 Å². The quantitative estimate of drug-likeness (QED) is 0.237. The highest BCUT2D eigenvalue weighted by Crippen LogP contribution is 2.23. The maximum atomic E-state index is 12.1. The van der Waals surface area contributed by atoms with Gasteiger partial charge in [0.2, 0.25) is 0 Å². The molecule has 1 unspecified atom stereocenters. The number of unbranched alkanes of at least 4 members (excludes halogenated alkanes) is 5. The van der Waals surface area contributed by atoms with Gasteiger partial charge in [0.15, 0.2) is 5.43 Å². The minimum absolute atomic E-state index is 0.139. The Labute approximate surface area is 184 Å². The predicted molar refractivity (Wildman–Crippen MR) is 129 cm³/mol. The Kier molecular flexibility index (Phi) is 11.3. The highest BCUT2D eigenvalue weighted by atomic mass is 35.5. The lowest BCUT2D eigenvalue weighted by atomic mass is 10.0. The van der Waals surface area contributed by atoms with E-state index in [9.17, 15) is 4.79 Å². The molecule has 0 amide bonds. The highest BCUT2D eigenvalue weighted by Gasteiger charge is 2.06. The molecule has 4 heteroatoms. The van der Waals surface area contributed by atoms with E-state index in [2.05, 4.69) is 13.8 Å². The molecule has 0 N–H and O–H groups in total. The van der Waals surface area contributed by atoms with E-state index in [4.69, 9.17) is 16.2 Å². The van der Waals surface area contributed by atoms with E-state index in [-0.39, 0.29) is 11.5 Å². The lowest BCUT2D eigenvalue weighted by molar-refractivity contribution is 0.194. The van der Waals surface area contributed by atoms with E-state index >= 15 is 0 Å². The zero-order valence-corrected chi connectivity index (χ0v) is 19.2. The van der Waals surface area contributed by atoms with Crippen LogP contribution in [0.2, 0.25) is 0 Å². The Bertz CT molecular complexity index is 849. The highest BCUT2D eigenvalue weighted by molar-refractivity contribution is 7.24. The van der Waals surface area contributed by atoms with Gasteiger partial charge in [-0.15, -0.1) is 11.3 Å². The third-order valence-electron chi connectivity index (χ3n) is 5.10. The van der Waals surface area contributed by atoms with Crippen molar-refractivity contribution in [2.75, 3.05) is 0 Å². The number of rotatable bonds is 10. The summed E-state index contributed by atoms with van der Waals surface area (Å²) in [5, 5.41) is 1.64. The molecular formula is C25H33ClO2S. The number of hydrogen-bond acceptors (Lipinski definition) is 3. The van der Waals surface area contributed by atoms with Crippen molar-refractivity contribution in [3.8, 4) is 0 Å². The molecule has 0 fully saturated rings. The van der Waals surface area contributed by atoms with Crippen molar-refractivity contribution in [3.63, 3.8) is 0 Å². The standard InChI is InChI=1S/C13H8OS.C12H25ClO/c14-13-9-5-1-3-7-11(9)15-12-8-4-2-6-10(12)13;1-3-5-6-7-8-9-11-12(14-13)10-4-2/h1-8H;12H,3-11H2,1-2H3. The molecule has 2 aromatic carbocycles. The summed E-state index contributed by atoms with van der Waals surface area (Å²) in [7, 11) is 0. The number of halogens is 1. The summed E-state index contributed by atoms with van der Waals surface area (Å²) in [6, 6.07) is 15.5. The van der Waals surface area contributed by atoms with Crippen LogP contribution in [0.3, 0.4) is 0 Å². The maximum absolute atomic E-state index is 12.1. The monoisotopic (exact) mass is 432 g/mol. The maximum Gasteiger partial charge on any atom is 0.195 e. The molecule has 1 heterocycles. The SMILES string of the molecule is CCCCCCCCC(CCC)OCl.O=c1c2ccccc2sc2ccccc12. The van der Waals surface area contributed by atoms with Crippen LogP contribution in [-0.4, -0.2) is 6.10 Å². The van der Waals surface area contributed by atoms with Crippen LogP contribution in [-0.2, 0) is 4.29 Å². The molecule has 3 rings (SSSR count). The lowest BCUT2D eigenvalue weighted by Gasteiger charge is -2.11. The predicted octanol–water partition coefficient (Wildman–Crippen LogP) is 8.49. The van der Waals surface area contributed by atoms with Gasteiger partial charge in [0.05, 0.1) is 18.0 Å². The van der Waals surface area contributed by atoms with Crippen molar-refractivity contribution >= 4 is 43.4 Å². The van der Waals surface area contributed by atoms with Crippen LogP contribution in [0.4, 0.5) is 0 Å². The van der Waals surface area contributed by atoms with Crippen LogP contribution < -0.4 is 5.43 Å². The molecule has 0 saturated carbocycles. The van der Waals surface area contributed by atoms with Crippen molar-refractivity contribution in [3.05, 3.63) is 58.8 Å². The first-order chi connectivity index (χ1) is 14.2. The van der Waals surface area contributed by atoms with Crippen LogP contribution in [0.5, 0.6) is 0 Å². The first-order valence-electron chi connectivity index (χ1n) is 10.9. The molecule has 0 aliphatic heterocycles. The van der Waals surface area contributed by atoms with Crippen LogP contribution >= 0.6 is 23.2 Å². The Hall–Kier alpha value is -1.42. The summed E-state index contributed by atoms with van der Waals surface area (Å²) in [5.41, 5.74) is 0.139. The summed E-state index contributed by atoms with van der Waals surface area (Å²) in [6.07, 6.45) is 11.7. The molecule has 2 nitrogen and oxygen atoms in total. The van der Waals surface area contributed by atoms with Gasteiger partial charge >= 0.3 is 0 Å². The van der Waals surface area contributed by atoms with Crippen LogP contribution in [0.1, 0.15) is 71.6 Å². The summed E-state index contributed by atoms with van der Waals surface area (Å²) < 4.78 is 7.00. The number of hydrogen-bond donors (Lipinski definition) is 0. The molecular weight excluding hydrogens is 400 g/mol. The van der Waals surface area contributed by atoms with Gasteiger partial charge in [-0.25, -0.2) is 0 Å². The van der Waals surface area contributed by atoms with Crippen LogP contribution in [0, 0.1) is 0 Å². The summed E-state index contributed by atoms with van der Waals surface area (Å²) >= 11 is 7.07. The zero-order chi connectivity index (χ0) is 20.9. The summed E-state index contributed by atoms with van der Waals surface area (Å²) in [6.45, 7) is 4.42. The first-order valence-corrected chi connectivity index (χ1v) is 12.0. The van der Waals surface area contributed by atoms with E-state index in [1.165, 1.54) is 38.5 Å². The van der Waals surface area contributed by atoms with Crippen LogP contribution in [0.15, 0.2) is 53.3 Å². The normalized spacial score (nSPS) is 12.0. The Morgan fingerprint density at radius 1 is 0.793 bits per heavy atom. The minimum Gasteiger partial charge on any atom is -0.289 e. The largest absolute Gasteiger partial charge is 0.289 e. The van der Waals surface area contributed by atoms with E-state index < -0.39 is 0 Å². The van der Waals surface area contributed by atoms with Gasteiger partial charge in [0.25, 0.3) is 0 Å². The van der Waals surface area contributed by atoms with Crippen molar-refractivity contribution in [2.24, 2.45) is 0 Å². The van der Waals surface area contributed by atoms with Gasteiger partial charge in [-0.1, -0.05) is 83.1 Å². The number of benzene rings is 2. The summed E-state index contributed by atoms with van der Waals surface area (Å²) in [5.74, 6) is 0. The van der Waals surface area contributed by atoms with Crippen molar-refractivity contribution in [1.82, 2.24) is 0 Å². The van der Waals surface area contributed by atoms with Gasteiger partial charge < -0.3 is 0 Å². The van der Waals surface area contributed by atoms with E-state index in [1.54, 1.807) is 11.3 Å². The van der Waals surface area contributed by atoms with Gasteiger partial charge in [-0.05, 0) is 37.1 Å². The Morgan fingerprint density at radius 3 is 1.90 bits per heavy atom. The Balaban J connectivity index is 0.000000208. The average molecular weight is 433 g/mol. The van der Waals surface area contributed by atoms with Gasteiger partial charge in [0.1, 0.15) is 0 Å². The van der Waals surface area contributed by atoms with Crippen LogP contribution in [0.25, 0.3) is 20.2 Å². The van der Waals surface area contributed by atoms with E-state index in [1.807, 2.05) is 48.5 Å². The molecule has 158 valence electrons. The molecule has 0 radical (unpaired) electrons. The molecule has 3 aromatic rings. The molecule has 0 aliphatic carbocycles. The van der Waals surface area contributed by atoms with Gasteiger partial charge in [0, 0.05) is 20.2 Å². The second-order valence-electron chi connectivity index (χ2n) is 7.48. The molecule has 0 saturated heterocycles. The van der Waals surface area contributed by atoms with Crippen molar-refractivity contribution in [2.45, 2.75) is 77.7 Å². The second-order valence-corrected chi connectivity index (χ2v) is 8.74. The smallest absolute Gasteiger partial charge is 0.195 e. The fourth-order valence-electron chi connectivity index (χ4n) is 3.46.